The molecule has 1 heterocycles. The molecule has 0 fully saturated rings. The van der Waals surface area contributed by atoms with Crippen LogP contribution in [0.5, 0.6) is 11.8 Å². The standard InChI is InChI=1S/C22H39NO5/c1-2-3-4-5-6-7-8-9-10-12-15-19-18-20(24)23(22(19)26)17-14-11-13-16-21(25)28-27/h18,24,26-27H,2-17H2,1H3. The molecule has 28 heavy (non-hydrogen) atoms. The van der Waals surface area contributed by atoms with E-state index in [-0.39, 0.29) is 18.2 Å². The minimum Gasteiger partial charge on any atom is -0.494 e. The number of carbonyl (C=O) groups excluding carboxylic acids is 1. The lowest BCUT2D eigenvalue weighted by Crippen LogP contribution is -2.01. The van der Waals surface area contributed by atoms with Gasteiger partial charge in [-0.1, -0.05) is 71.1 Å². The first kappa shape index (κ1) is 24.3. The number of aromatic hydroxyl groups is 2. The lowest BCUT2D eigenvalue weighted by Gasteiger charge is -2.07. The van der Waals surface area contributed by atoms with E-state index in [0.717, 1.165) is 37.7 Å². The molecule has 0 unspecified atom stereocenters. The summed E-state index contributed by atoms with van der Waals surface area (Å²) in [5.41, 5.74) is 0.806. The predicted molar refractivity (Wildman–Crippen MR) is 110 cm³/mol. The van der Waals surface area contributed by atoms with Gasteiger partial charge in [0.1, 0.15) is 0 Å². The molecule has 0 saturated heterocycles. The van der Waals surface area contributed by atoms with Crippen LogP contribution in [0.15, 0.2) is 6.07 Å². The molecule has 6 nitrogen and oxygen atoms in total. The zero-order chi connectivity index (χ0) is 20.6. The largest absolute Gasteiger partial charge is 0.494 e. The third-order valence-corrected chi connectivity index (χ3v) is 5.29. The highest BCUT2D eigenvalue weighted by Crippen LogP contribution is 2.29. The van der Waals surface area contributed by atoms with Crippen molar-refractivity contribution in [2.24, 2.45) is 0 Å². The van der Waals surface area contributed by atoms with Crippen LogP contribution < -0.4 is 0 Å². The second-order valence-corrected chi connectivity index (χ2v) is 7.71. The summed E-state index contributed by atoms with van der Waals surface area (Å²) in [4.78, 5) is 14.5. The Morgan fingerprint density at radius 2 is 1.46 bits per heavy atom. The van der Waals surface area contributed by atoms with Crippen molar-refractivity contribution in [3.8, 4) is 11.8 Å². The van der Waals surface area contributed by atoms with Crippen molar-refractivity contribution < 1.29 is 25.2 Å². The zero-order valence-electron chi connectivity index (χ0n) is 17.5. The Morgan fingerprint density at radius 3 is 2.07 bits per heavy atom. The molecule has 6 heteroatoms. The number of aryl methyl sites for hydroxylation is 1. The van der Waals surface area contributed by atoms with Gasteiger partial charge < -0.3 is 15.1 Å². The summed E-state index contributed by atoms with van der Waals surface area (Å²) >= 11 is 0. The third kappa shape index (κ3) is 10.0. The monoisotopic (exact) mass is 397 g/mol. The number of nitrogens with zero attached hydrogens (tertiary/aromatic N) is 1. The fourth-order valence-corrected chi connectivity index (χ4v) is 3.55. The van der Waals surface area contributed by atoms with Gasteiger partial charge in [-0.15, -0.1) is 0 Å². The van der Waals surface area contributed by atoms with Crippen molar-refractivity contribution in [3.05, 3.63) is 11.6 Å². The van der Waals surface area contributed by atoms with E-state index in [4.69, 9.17) is 5.26 Å². The second-order valence-electron chi connectivity index (χ2n) is 7.71. The Kier molecular flexibility index (Phi) is 13.3. The molecule has 3 N–H and O–H groups in total. The molecule has 0 amide bonds. The van der Waals surface area contributed by atoms with E-state index in [1.807, 2.05) is 0 Å². The fourth-order valence-electron chi connectivity index (χ4n) is 3.55. The summed E-state index contributed by atoms with van der Waals surface area (Å²) in [6.45, 7) is 2.75. The molecular formula is C22H39NO5. The molecule has 0 aromatic carbocycles. The van der Waals surface area contributed by atoms with Gasteiger partial charge in [0.2, 0.25) is 0 Å². The minimum absolute atomic E-state index is 0.0920. The molecule has 0 saturated carbocycles. The number of unbranched alkanes of at least 4 members (excludes halogenated alkanes) is 11. The molecule has 0 spiro atoms. The van der Waals surface area contributed by atoms with Gasteiger partial charge in [0.05, 0.1) is 0 Å². The molecule has 0 bridgehead atoms. The lowest BCUT2D eigenvalue weighted by atomic mass is 10.0. The number of hydrogen-bond donors (Lipinski definition) is 3. The number of hydrogen-bond acceptors (Lipinski definition) is 5. The summed E-state index contributed by atoms with van der Waals surface area (Å²) in [6.07, 6.45) is 15.8. The molecule has 0 aliphatic rings. The molecular weight excluding hydrogens is 358 g/mol. The SMILES string of the molecule is CCCCCCCCCCCCc1cc(O)n(CCCCCC(=O)OO)c1O. The Hall–Kier alpha value is -1.69. The Balaban J connectivity index is 2.16. The molecule has 1 aromatic rings. The van der Waals surface area contributed by atoms with Crippen molar-refractivity contribution in [2.45, 2.75) is 110 Å². The molecule has 162 valence electrons. The Bertz CT molecular complexity index is 541. The van der Waals surface area contributed by atoms with Gasteiger partial charge in [0.25, 0.3) is 0 Å². The number of rotatable bonds is 17. The fraction of sp³-hybridized carbons (Fsp3) is 0.773. The van der Waals surface area contributed by atoms with E-state index < -0.39 is 5.97 Å². The average Bonchev–Trinajstić information content (AvgIpc) is 2.96. The molecule has 1 aromatic heterocycles. The van der Waals surface area contributed by atoms with E-state index in [1.54, 1.807) is 6.07 Å². The van der Waals surface area contributed by atoms with Gasteiger partial charge in [-0.25, -0.2) is 4.79 Å². The van der Waals surface area contributed by atoms with E-state index in [9.17, 15) is 15.0 Å². The van der Waals surface area contributed by atoms with Crippen LogP contribution in [0.1, 0.15) is 102 Å². The van der Waals surface area contributed by atoms with Gasteiger partial charge in [-0.3, -0.25) is 4.57 Å². The predicted octanol–water partition coefficient (Wildman–Crippen LogP) is 5.94. The number of carbonyl (C=O) groups is 1. The molecule has 0 radical (unpaired) electrons. The topological polar surface area (TPSA) is 91.9 Å². The Morgan fingerprint density at radius 1 is 0.893 bits per heavy atom. The quantitative estimate of drug-likeness (QED) is 0.172. The normalized spacial score (nSPS) is 11.1. The zero-order valence-corrected chi connectivity index (χ0v) is 17.5. The molecule has 1 rings (SSSR count). The van der Waals surface area contributed by atoms with Crippen LogP contribution in [-0.4, -0.2) is 26.0 Å². The van der Waals surface area contributed by atoms with Crippen LogP contribution in [0.3, 0.4) is 0 Å². The maximum atomic E-state index is 10.8. The summed E-state index contributed by atoms with van der Waals surface area (Å²) in [5.74, 6) is -0.386. The molecule has 0 aliphatic heterocycles. The van der Waals surface area contributed by atoms with E-state index in [0.29, 0.717) is 13.0 Å². The van der Waals surface area contributed by atoms with Gasteiger partial charge in [0.15, 0.2) is 11.8 Å². The van der Waals surface area contributed by atoms with Crippen molar-refractivity contribution in [3.63, 3.8) is 0 Å². The van der Waals surface area contributed by atoms with E-state index in [2.05, 4.69) is 11.8 Å². The summed E-state index contributed by atoms with van der Waals surface area (Å²) < 4.78 is 1.52. The van der Waals surface area contributed by atoms with Gasteiger partial charge in [-0.2, -0.15) is 5.26 Å². The van der Waals surface area contributed by atoms with Crippen LogP contribution in [0.4, 0.5) is 0 Å². The van der Waals surface area contributed by atoms with Crippen LogP contribution in [0, 0.1) is 0 Å². The van der Waals surface area contributed by atoms with Crippen molar-refractivity contribution >= 4 is 5.97 Å². The average molecular weight is 398 g/mol. The Labute approximate surface area is 169 Å². The van der Waals surface area contributed by atoms with Crippen LogP contribution in [0.25, 0.3) is 0 Å². The van der Waals surface area contributed by atoms with Gasteiger partial charge >= 0.3 is 5.97 Å². The first-order valence-corrected chi connectivity index (χ1v) is 11.0. The molecule has 0 aliphatic carbocycles. The smallest absolute Gasteiger partial charge is 0.342 e. The lowest BCUT2D eigenvalue weighted by molar-refractivity contribution is -0.234. The van der Waals surface area contributed by atoms with Crippen molar-refractivity contribution in [2.75, 3.05) is 0 Å². The highest BCUT2D eigenvalue weighted by atomic mass is 17.1. The highest BCUT2D eigenvalue weighted by Gasteiger charge is 2.13. The van der Waals surface area contributed by atoms with Crippen molar-refractivity contribution in [1.82, 2.24) is 4.57 Å². The second kappa shape index (κ2) is 15.3. The first-order chi connectivity index (χ1) is 13.6. The van der Waals surface area contributed by atoms with Crippen LogP contribution >= 0.6 is 0 Å². The number of aromatic nitrogens is 1. The highest BCUT2D eigenvalue weighted by molar-refractivity contribution is 5.68. The summed E-state index contributed by atoms with van der Waals surface area (Å²) in [7, 11) is 0. The van der Waals surface area contributed by atoms with E-state index in [1.165, 1.54) is 55.9 Å². The summed E-state index contributed by atoms with van der Waals surface area (Å²) in [6, 6.07) is 1.66. The van der Waals surface area contributed by atoms with E-state index >= 15 is 0 Å². The summed E-state index contributed by atoms with van der Waals surface area (Å²) in [5, 5.41) is 28.6. The van der Waals surface area contributed by atoms with Crippen LogP contribution in [-0.2, 0) is 22.6 Å². The first-order valence-electron chi connectivity index (χ1n) is 11.0. The van der Waals surface area contributed by atoms with Crippen LogP contribution in [0.2, 0.25) is 0 Å². The maximum Gasteiger partial charge on any atom is 0.342 e. The minimum atomic E-state index is -0.634. The van der Waals surface area contributed by atoms with Gasteiger partial charge in [-0.05, 0) is 25.7 Å². The maximum absolute atomic E-state index is 10.8. The van der Waals surface area contributed by atoms with Crippen molar-refractivity contribution in [1.29, 1.82) is 0 Å². The van der Waals surface area contributed by atoms with Gasteiger partial charge in [0, 0.05) is 24.6 Å². The third-order valence-electron chi connectivity index (χ3n) is 5.29. The molecule has 0 atom stereocenters.